The first-order chi connectivity index (χ1) is 15.1. The van der Waals surface area contributed by atoms with Gasteiger partial charge in [0.05, 0.1) is 26.9 Å². The third kappa shape index (κ3) is 4.67. The molecule has 1 fully saturated rings. The van der Waals surface area contributed by atoms with Crippen molar-refractivity contribution in [1.29, 1.82) is 0 Å². The van der Waals surface area contributed by atoms with Gasteiger partial charge in [-0.3, -0.25) is 14.4 Å². The number of carbonyl (C=O) groups excluding carboxylic acids is 1. The Morgan fingerprint density at radius 1 is 1.39 bits per heavy atom. The van der Waals surface area contributed by atoms with Crippen LogP contribution in [0.4, 0.5) is 0 Å². The highest BCUT2D eigenvalue weighted by molar-refractivity contribution is 5.94. The van der Waals surface area contributed by atoms with Crippen LogP contribution in [0, 0.1) is 0 Å². The van der Waals surface area contributed by atoms with Crippen molar-refractivity contribution in [2.45, 2.75) is 38.4 Å². The number of likely N-dealkylation sites (N-methyl/N-ethyl adjacent to an activating group) is 1. The molecular weight excluding hydrogens is 392 g/mol. The Morgan fingerprint density at radius 2 is 2.19 bits per heavy atom. The van der Waals surface area contributed by atoms with E-state index in [-0.39, 0.29) is 5.91 Å². The summed E-state index contributed by atoms with van der Waals surface area (Å²) in [6, 6.07) is 8.56. The standard InChI is InChI=1S/C24H32N4O3/c1-4-10-28-22-9-8-19(26(2)17-18-6-5-7-20(15-18)30-3)16-21(22)23(25-28)24(29)27-11-13-31-14-12-27/h4-7,15,19H,1,8-14,16-17H2,2-3H3/t19-/m1/s1. The van der Waals surface area contributed by atoms with Crippen molar-refractivity contribution in [2.75, 3.05) is 40.5 Å². The molecule has 7 nitrogen and oxygen atoms in total. The lowest BCUT2D eigenvalue weighted by atomic mass is 9.90. The van der Waals surface area contributed by atoms with E-state index in [0.717, 1.165) is 37.1 Å². The maximum atomic E-state index is 13.3. The maximum Gasteiger partial charge on any atom is 0.274 e. The predicted octanol–water partition coefficient (Wildman–Crippen LogP) is 2.54. The van der Waals surface area contributed by atoms with Gasteiger partial charge in [-0.15, -0.1) is 6.58 Å². The fourth-order valence-electron chi connectivity index (χ4n) is 4.59. The van der Waals surface area contributed by atoms with Crippen LogP contribution in [0.2, 0.25) is 0 Å². The molecule has 7 heteroatoms. The molecule has 0 radical (unpaired) electrons. The van der Waals surface area contributed by atoms with E-state index in [4.69, 9.17) is 14.6 Å². The van der Waals surface area contributed by atoms with Gasteiger partial charge in [0.1, 0.15) is 5.75 Å². The normalized spacial score (nSPS) is 18.7. The Balaban J connectivity index is 1.54. The van der Waals surface area contributed by atoms with Gasteiger partial charge in [-0.05, 0) is 44.0 Å². The van der Waals surface area contributed by atoms with Crippen LogP contribution in [0.5, 0.6) is 5.75 Å². The molecule has 2 aliphatic rings. The van der Waals surface area contributed by atoms with Crippen molar-refractivity contribution in [3.63, 3.8) is 0 Å². The zero-order valence-corrected chi connectivity index (χ0v) is 18.5. The van der Waals surface area contributed by atoms with Gasteiger partial charge in [0.25, 0.3) is 5.91 Å². The molecule has 0 unspecified atom stereocenters. The minimum Gasteiger partial charge on any atom is -0.497 e. The number of ether oxygens (including phenoxy) is 2. The Morgan fingerprint density at radius 3 is 2.94 bits per heavy atom. The largest absolute Gasteiger partial charge is 0.497 e. The molecule has 0 spiro atoms. The third-order valence-electron chi connectivity index (χ3n) is 6.31. The number of benzene rings is 1. The van der Waals surface area contributed by atoms with E-state index in [1.807, 2.05) is 27.8 Å². The van der Waals surface area contributed by atoms with Crippen molar-refractivity contribution in [1.82, 2.24) is 19.6 Å². The van der Waals surface area contributed by atoms with Crippen LogP contribution in [-0.4, -0.2) is 72.0 Å². The minimum atomic E-state index is 0.0264. The summed E-state index contributed by atoms with van der Waals surface area (Å²) in [5.74, 6) is 0.902. The highest BCUT2D eigenvalue weighted by Crippen LogP contribution is 2.29. The first-order valence-electron chi connectivity index (χ1n) is 11.0. The van der Waals surface area contributed by atoms with Crippen molar-refractivity contribution >= 4 is 5.91 Å². The number of hydrogen-bond acceptors (Lipinski definition) is 5. The Hall–Kier alpha value is -2.64. The molecule has 4 rings (SSSR count). The number of fused-ring (bicyclic) bond motifs is 1. The third-order valence-corrected chi connectivity index (χ3v) is 6.31. The Bertz CT molecular complexity index is 933. The molecular formula is C24H32N4O3. The van der Waals surface area contributed by atoms with Crippen LogP contribution in [0.3, 0.4) is 0 Å². The van der Waals surface area contributed by atoms with Crippen LogP contribution in [0.15, 0.2) is 36.9 Å². The number of allylic oxidation sites excluding steroid dienone is 1. The van der Waals surface area contributed by atoms with Gasteiger partial charge in [0, 0.05) is 36.9 Å². The van der Waals surface area contributed by atoms with E-state index >= 15 is 0 Å². The highest BCUT2D eigenvalue weighted by Gasteiger charge is 2.32. The number of methoxy groups -OCH3 is 1. The number of carbonyl (C=O) groups is 1. The molecule has 1 amide bonds. The molecule has 31 heavy (non-hydrogen) atoms. The quantitative estimate of drug-likeness (QED) is 0.640. The van der Waals surface area contributed by atoms with Crippen LogP contribution >= 0.6 is 0 Å². The molecule has 1 aromatic carbocycles. The molecule has 166 valence electrons. The second-order valence-corrected chi connectivity index (χ2v) is 8.31. The van der Waals surface area contributed by atoms with E-state index in [1.165, 1.54) is 11.3 Å². The molecule has 0 N–H and O–H groups in total. The predicted molar refractivity (Wildman–Crippen MR) is 119 cm³/mol. The lowest BCUT2D eigenvalue weighted by Crippen LogP contribution is -2.42. The van der Waals surface area contributed by atoms with Crippen molar-refractivity contribution in [2.24, 2.45) is 0 Å². The van der Waals surface area contributed by atoms with E-state index in [1.54, 1.807) is 7.11 Å². The summed E-state index contributed by atoms with van der Waals surface area (Å²) < 4.78 is 12.7. The molecule has 0 saturated carbocycles. The van der Waals surface area contributed by atoms with Crippen molar-refractivity contribution in [3.8, 4) is 5.75 Å². The molecule has 1 atom stereocenters. The topological polar surface area (TPSA) is 59.8 Å². The Labute approximate surface area is 184 Å². The van der Waals surface area contributed by atoms with Gasteiger partial charge in [-0.2, -0.15) is 5.10 Å². The number of hydrogen-bond donors (Lipinski definition) is 0. The van der Waals surface area contributed by atoms with Gasteiger partial charge in [0.15, 0.2) is 5.69 Å². The highest BCUT2D eigenvalue weighted by atomic mass is 16.5. The van der Waals surface area contributed by atoms with Gasteiger partial charge in [-0.25, -0.2) is 0 Å². The SMILES string of the molecule is C=CCn1nc(C(=O)N2CCOCC2)c2c1CC[C@@H](N(C)Cc1cccc(OC)c1)C2. The number of aromatic nitrogens is 2. The summed E-state index contributed by atoms with van der Waals surface area (Å²) in [5, 5.41) is 4.74. The summed E-state index contributed by atoms with van der Waals surface area (Å²) in [6.07, 6.45) is 4.64. The van der Waals surface area contributed by atoms with Crippen LogP contribution in [0.25, 0.3) is 0 Å². The van der Waals surface area contributed by atoms with Gasteiger partial charge >= 0.3 is 0 Å². The molecule has 2 heterocycles. The molecule has 2 aromatic rings. The molecule has 1 saturated heterocycles. The molecule has 1 aliphatic carbocycles. The average Bonchev–Trinajstić information content (AvgIpc) is 3.17. The summed E-state index contributed by atoms with van der Waals surface area (Å²) in [7, 11) is 3.85. The number of amides is 1. The van der Waals surface area contributed by atoms with Gasteiger partial charge in [-0.1, -0.05) is 18.2 Å². The summed E-state index contributed by atoms with van der Waals surface area (Å²) in [4.78, 5) is 17.5. The lowest BCUT2D eigenvalue weighted by molar-refractivity contribution is 0.0297. The Kier molecular flexibility index (Phi) is 6.73. The first-order valence-corrected chi connectivity index (χ1v) is 11.0. The zero-order valence-electron chi connectivity index (χ0n) is 18.5. The van der Waals surface area contributed by atoms with Crippen molar-refractivity contribution < 1.29 is 14.3 Å². The second-order valence-electron chi connectivity index (χ2n) is 8.31. The van der Waals surface area contributed by atoms with Crippen LogP contribution < -0.4 is 4.74 Å². The summed E-state index contributed by atoms with van der Waals surface area (Å²) >= 11 is 0. The van der Waals surface area contributed by atoms with Crippen LogP contribution in [0.1, 0.15) is 33.7 Å². The number of rotatable bonds is 7. The smallest absolute Gasteiger partial charge is 0.274 e. The van der Waals surface area contributed by atoms with Gasteiger partial charge < -0.3 is 14.4 Å². The molecule has 1 aliphatic heterocycles. The van der Waals surface area contributed by atoms with E-state index in [0.29, 0.717) is 44.6 Å². The van der Waals surface area contributed by atoms with Gasteiger partial charge in [0.2, 0.25) is 0 Å². The second kappa shape index (κ2) is 9.66. The van der Waals surface area contributed by atoms with E-state index in [2.05, 4.69) is 30.7 Å². The summed E-state index contributed by atoms with van der Waals surface area (Å²) in [6.45, 7) is 7.76. The monoisotopic (exact) mass is 424 g/mol. The number of nitrogens with zero attached hydrogens (tertiary/aromatic N) is 4. The maximum absolute atomic E-state index is 13.3. The fourth-order valence-corrected chi connectivity index (χ4v) is 4.59. The van der Waals surface area contributed by atoms with Crippen molar-refractivity contribution in [3.05, 3.63) is 59.4 Å². The lowest BCUT2D eigenvalue weighted by Gasteiger charge is -2.32. The van der Waals surface area contributed by atoms with E-state index in [9.17, 15) is 4.79 Å². The molecule has 1 aromatic heterocycles. The number of morpholine rings is 1. The van der Waals surface area contributed by atoms with E-state index < -0.39 is 0 Å². The first kappa shape index (κ1) is 21.6. The summed E-state index contributed by atoms with van der Waals surface area (Å²) in [5.41, 5.74) is 4.12. The minimum absolute atomic E-state index is 0.0264. The fraction of sp³-hybridized carbons (Fsp3) is 0.500. The zero-order chi connectivity index (χ0) is 21.8. The van der Waals surface area contributed by atoms with Crippen LogP contribution in [-0.2, 0) is 30.7 Å². The molecule has 0 bridgehead atoms. The average molecular weight is 425 g/mol.